The SMILES string of the molecule is Cc1c([N+](=O)[O-])cnc(Nc2ccccc2)c1N. The van der Waals surface area contributed by atoms with Gasteiger partial charge >= 0.3 is 0 Å². The Morgan fingerprint density at radius 1 is 1.33 bits per heavy atom. The minimum Gasteiger partial charge on any atom is -0.395 e. The summed E-state index contributed by atoms with van der Waals surface area (Å²) in [6.07, 6.45) is 1.21. The van der Waals surface area contributed by atoms with Crippen molar-refractivity contribution in [2.45, 2.75) is 6.92 Å². The number of nitrogens with two attached hydrogens (primary N) is 1. The molecule has 0 unspecified atom stereocenters. The van der Waals surface area contributed by atoms with Crippen LogP contribution in [0.5, 0.6) is 0 Å². The number of hydrogen-bond donors (Lipinski definition) is 2. The number of nitrogens with one attached hydrogen (secondary N) is 1. The molecule has 6 nitrogen and oxygen atoms in total. The van der Waals surface area contributed by atoms with E-state index in [0.717, 1.165) is 5.69 Å². The van der Waals surface area contributed by atoms with E-state index in [0.29, 0.717) is 11.4 Å². The number of rotatable bonds is 3. The van der Waals surface area contributed by atoms with Crippen LogP contribution in [0, 0.1) is 17.0 Å². The Hall–Kier alpha value is -2.63. The van der Waals surface area contributed by atoms with Gasteiger partial charge in [-0.1, -0.05) is 18.2 Å². The van der Waals surface area contributed by atoms with E-state index in [9.17, 15) is 10.1 Å². The van der Waals surface area contributed by atoms with Gasteiger partial charge in [-0.3, -0.25) is 10.1 Å². The third-order valence-corrected chi connectivity index (χ3v) is 2.59. The number of para-hydroxylation sites is 1. The van der Waals surface area contributed by atoms with Crippen molar-refractivity contribution in [1.82, 2.24) is 4.98 Å². The molecule has 3 N–H and O–H groups in total. The monoisotopic (exact) mass is 244 g/mol. The number of nitro groups is 1. The molecule has 0 bridgehead atoms. The van der Waals surface area contributed by atoms with Crippen LogP contribution in [0.15, 0.2) is 36.5 Å². The molecule has 0 aliphatic rings. The van der Waals surface area contributed by atoms with Gasteiger partial charge in [-0.2, -0.15) is 0 Å². The first-order valence-corrected chi connectivity index (χ1v) is 5.31. The number of nitrogens with zero attached hydrogens (tertiary/aromatic N) is 2. The van der Waals surface area contributed by atoms with Crippen molar-refractivity contribution >= 4 is 22.9 Å². The van der Waals surface area contributed by atoms with E-state index in [1.165, 1.54) is 6.20 Å². The third kappa shape index (κ3) is 2.22. The molecule has 92 valence electrons. The zero-order valence-corrected chi connectivity index (χ0v) is 9.75. The van der Waals surface area contributed by atoms with Crippen LogP contribution in [0.4, 0.5) is 22.9 Å². The van der Waals surface area contributed by atoms with Crippen LogP contribution in [0.1, 0.15) is 5.56 Å². The number of benzene rings is 1. The molecule has 2 rings (SSSR count). The number of anilines is 3. The second-order valence-electron chi connectivity index (χ2n) is 3.78. The molecule has 1 aromatic carbocycles. The summed E-state index contributed by atoms with van der Waals surface area (Å²) in [6.45, 7) is 1.60. The maximum atomic E-state index is 10.7. The summed E-state index contributed by atoms with van der Waals surface area (Å²) in [7, 11) is 0. The Morgan fingerprint density at radius 2 is 2.00 bits per heavy atom. The average Bonchev–Trinajstić information content (AvgIpc) is 2.36. The van der Waals surface area contributed by atoms with E-state index >= 15 is 0 Å². The highest BCUT2D eigenvalue weighted by Crippen LogP contribution is 2.29. The molecule has 6 heteroatoms. The molecule has 0 radical (unpaired) electrons. The van der Waals surface area contributed by atoms with Gasteiger partial charge < -0.3 is 11.1 Å². The van der Waals surface area contributed by atoms with Crippen molar-refractivity contribution in [3.05, 3.63) is 52.2 Å². The maximum absolute atomic E-state index is 10.7. The van der Waals surface area contributed by atoms with E-state index in [1.54, 1.807) is 6.92 Å². The lowest BCUT2D eigenvalue weighted by atomic mass is 10.2. The predicted molar refractivity (Wildman–Crippen MR) is 69.8 cm³/mol. The summed E-state index contributed by atoms with van der Waals surface area (Å²) in [5.74, 6) is 0.421. The van der Waals surface area contributed by atoms with Crippen LogP contribution in [-0.4, -0.2) is 9.91 Å². The summed E-state index contributed by atoms with van der Waals surface area (Å²) in [4.78, 5) is 14.2. The molecular weight excluding hydrogens is 232 g/mol. The minimum atomic E-state index is -0.495. The zero-order chi connectivity index (χ0) is 13.1. The van der Waals surface area contributed by atoms with Gasteiger partial charge in [-0.15, -0.1) is 0 Å². The van der Waals surface area contributed by atoms with Crippen LogP contribution in [0.3, 0.4) is 0 Å². The number of pyridine rings is 1. The van der Waals surface area contributed by atoms with Crippen molar-refractivity contribution < 1.29 is 4.92 Å². The average molecular weight is 244 g/mol. The summed E-state index contributed by atoms with van der Waals surface area (Å²) in [5.41, 5.74) is 7.28. The fraction of sp³-hybridized carbons (Fsp3) is 0.0833. The topological polar surface area (TPSA) is 94.1 Å². The molecule has 0 aliphatic carbocycles. The van der Waals surface area contributed by atoms with Crippen molar-refractivity contribution in [3.8, 4) is 0 Å². The molecule has 18 heavy (non-hydrogen) atoms. The predicted octanol–water partition coefficient (Wildman–Crippen LogP) is 2.62. The van der Waals surface area contributed by atoms with Gasteiger partial charge in [0, 0.05) is 5.69 Å². The molecule has 0 amide bonds. The van der Waals surface area contributed by atoms with Crippen LogP contribution in [0.25, 0.3) is 0 Å². The smallest absolute Gasteiger partial charge is 0.292 e. The Kier molecular flexibility index (Phi) is 3.09. The molecule has 0 spiro atoms. The van der Waals surface area contributed by atoms with Crippen molar-refractivity contribution in [1.29, 1.82) is 0 Å². The first-order valence-electron chi connectivity index (χ1n) is 5.31. The Balaban J connectivity index is 2.36. The number of aromatic nitrogens is 1. The molecule has 0 aliphatic heterocycles. The molecule has 0 atom stereocenters. The molecule has 0 fully saturated rings. The normalized spacial score (nSPS) is 10.1. The van der Waals surface area contributed by atoms with E-state index in [1.807, 2.05) is 30.3 Å². The van der Waals surface area contributed by atoms with Crippen LogP contribution in [0.2, 0.25) is 0 Å². The Bertz CT molecular complexity index is 584. The highest BCUT2D eigenvalue weighted by Gasteiger charge is 2.16. The largest absolute Gasteiger partial charge is 0.395 e. The molecule has 2 aromatic rings. The van der Waals surface area contributed by atoms with E-state index in [4.69, 9.17) is 5.73 Å². The molecule has 0 saturated carbocycles. The molecule has 1 aromatic heterocycles. The van der Waals surface area contributed by atoms with Gasteiger partial charge in [0.2, 0.25) is 0 Å². The van der Waals surface area contributed by atoms with Gasteiger partial charge in [0.1, 0.15) is 6.20 Å². The van der Waals surface area contributed by atoms with Crippen LogP contribution >= 0.6 is 0 Å². The fourth-order valence-electron chi connectivity index (χ4n) is 1.55. The standard InChI is InChI=1S/C12H12N4O2/c1-8-10(16(17)18)7-14-12(11(8)13)15-9-5-3-2-4-6-9/h2-7H,13H2,1H3,(H,14,15). The number of hydrogen-bond acceptors (Lipinski definition) is 5. The highest BCUT2D eigenvalue weighted by molar-refractivity contribution is 5.74. The zero-order valence-electron chi connectivity index (χ0n) is 9.75. The van der Waals surface area contributed by atoms with Gasteiger partial charge in [-0.05, 0) is 19.1 Å². The Morgan fingerprint density at radius 3 is 2.61 bits per heavy atom. The van der Waals surface area contributed by atoms with E-state index in [2.05, 4.69) is 10.3 Å². The first kappa shape index (κ1) is 11.8. The van der Waals surface area contributed by atoms with Crippen molar-refractivity contribution in [3.63, 3.8) is 0 Å². The second kappa shape index (κ2) is 4.70. The molecule has 0 saturated heterocycles. The van der Waals surface area contributed by atoms with Gasteiger partial charge in [0.25, 0.3) is 5.69 Å². The van der Waals surface area contributed by atoms with Crippen molar-refractivity contribution in [2.24, 2.45) is 0 Å². The summed E-state index contributed by atoms with van der Waals surface area (Å²) < 4.78 is 0. The maximum Gasteiger partial charge on any atom is 0.292 e. The second-order valence-corrected chi connectivity index (χ2v) is 3.78. The molecular formula is C12H12N4O2. The van der Waals surface area contributed by atoms with Crippen molar-refractivity contribution in [2.75, 3.05) is 11.1 Å². The first-order chi connectivity index (χ1) is 8.59. The minimum absolute atomic E-state index is 0.0777. The van der Waals surface area contributed by atoms with Crippen LogP contribution < -0.4 is 11.1 Å². The summed E-state index contributed by atoms with van der Waals surface area (Å²) >= 11 is 0. The van der Waals surface area contributed by atoms with Gasteiger partial charge in [0.05, 0.1) is 16.2 Å². The van der Waals surface area contributed by atoms with E-state index < -0.39 is 4.92 Å². The Labute approximate surface area is 104 Å². The quantitative estimate of drug-likeness (QED) is 0.639. The fourth-order valence-corrected chi connectivity index (χ4v) is 1.55. The summed E-state index contributed by atoms with van der Waals surface area (Å²) in [5, 5.41) is 13.8. The van der Waals surface area contributed by atoms with Gasteiger partial charge in [-0.25, -0.2) is 4.98 Å². The number of nitrogen functional groups attached to an aromatic ring is 1. The third-order valence-electron chi connectivity index (χ3n) is 2.59. The highest BCUT2D eigenvalue weighted by atomic mass is 16.6. The lowest BCUT2D eigenvalue weighted by Gasteiger charge is -2.10. The lowest BCUT2D eigenvalue weighted by Crippen LogP contribution is -2.04. The lowest BCUT2D eigenvalue weighted by molar-refractivity contribution is -0.385. The van der Waals surface area contributed by atoms with Gasteiger partial charge in [0.15, 0.2) is 5.82 Å². The van der Waals surface area contributed by atoms with E-state index in [-0.39, 0.29) is 11.4 Å². The van der Waals surface area contributed by atoms with Crippen LogP contribution in [-0.2, 0) is 0 Å². The molecule has 1 heterocycles. The summed E-state index contributed by atoms with van der Waals surface area (Å²) in [6, 6.07) is 9.35.